The predicted molar refractivity (Wildman–Crippen MR) is 193 cm³/mol. The normalized spacial score (nSPS) is 14.3. The zero-order valence-corrected chi connectivity index (χ0v) is 26.8. The van der Waals surface area contributed by atoms with Crippen LogP contribution in [0.1, 0.15) is 30.5 Å². The van der Waals surface area contributed by atoms with Gasteiger partial charge in [0, 0.05) is 22.3 Å². The van der Waals surface area contributed by atoms with Crippen LogP contribution in [-0.2, 0) is 5.41 Å². The topological polar surface area (TPSA) is 3.24 Å². The standard InChI is InChI=1S/C43H33NS/c1-26-20-22-30-33(24-26)41(32-15-11-17-35-42(32)31-14-7-8-16-34(31)43(35,2)3)29-13-6-5-12-28(29)40(30)27-21-23-39-37(25-27)44(4)36-18-9-10-19-38(36)45-39/h5-25H,1-4H3. The highest BCUT2D eigenvalue weighted by atomic mass is 32.2. The lowest BCUT2D eigenvalue weighted by Gasteiger charge is -2.30. The highest BCUT2D eigenvalue weighted by molar-refractivity contribution is 7.99. The van der Waals surface area contributed by atoms with Crippen LogP contribution >= 0.6 is 11.8 Å². The maximum absolute atomic E-state index is 2.41. The number of benzene rings is 7. The van der Waals surface area contributed by atoms with Crippen molar-refractivity contribution in [1.82, 2.24) is 0 Å². The van der Waals surface area contributed by atoms with Crippen LogP contribution in [0, 0.1) is 6.92 Å². The second-order valence-electron chi connectivity index (χ2n) is 13.1. The van der Waals surface area contributed by atoms with Gasteiger partial charge in [0.15, 0.2) is 0 Å². The van der Waals surface area contributed by atoms with Gasteiger partial charge in [-0.3, -0.25) is 0 Å². The fraction of sp³-hybridized carbons (Fsp3) is 0.116. The minimum atomic E-state index is -0.0464. The van der Waals surface area contributed by atoms with Crippen molar-refractivity contribution in [1.29, 1.82) is 0 Å². The van der Waals surface area contributed by atoms with E-state index in [-0.39, 0.29) is 5.41 Å². The number of para-hydroxylation sites is 1. The quantitative estimate of drug-likeness (QED) is 0.183. The summed E-state index contributed by atoms with van der Waals surface area (Å²) in [4.78, 5) is 4.94. The second kappa shape index (κ2) is 9.60. The molecule has 0 amide bonds. The van der Waals surface area contributed by atoms with Crippen LogP contribution in [0.2, 0.25) is 0 Å². The van der Waals surface area contributed by atoms with Crippen LogP contribution in [0.15, 0.2) is 137 Å². The number of nitrogens with zero attached hydrogens (tertiary/aromatic N) is 1. The third-order valence-corrected chi connectivity index (χ3v) is 11.2. The maximum atomic E-state index is 2.41. The first-order valence-corrected chi connectivity index (χ1v) is 16.6. The highest BCUT2D eigenvalue weighted by Crippen LogP contribution is 2.55. The molecule has 2 heteroatoms. The van der Waals surface area contributed by atoms with Gasteiger partial charge in [-0.25, -0.2) is 0 Å². The van der Waals surface area contributed by atoms with Crippen molar-refractivity contribution in [2.45, 2.75) is 36.0 Å². The van der Waals surface area contributed by atoms with Crippen LogP contribution in [0.5, 0.6) is 0 Å². The number of hydrogen-bond acceptors (Lipinski definition) is 2. The van der Waals surface area contributed by atoms with Crippen molar-refractivity contribution in [3.63, 3.8) is 0 Å². The molecule has 0 fully saturated rings. The summed E-state index contributed by atoms with van der Waals surface area (Å²) in [6.45, 7) is 6.96. The molecule has 1 nitrogen and oxygen atoms in total. The van der Waals surface area contributed by atoms with Crippen LogP contribution < -0.4 is 4.90 Å². The Morgan fingerprint density at radius 1 is 0.511 bits per heavy atom. The molecule has 1 aliphatic carbocycles. The van der Waals surface area contributed by atoms with E-state index in [4.69, 9.17) is 0 Å². The van der Waals surface area contributed by atoms with E-state index >= 15 is 0 Å². The van der Waals surface area contributed by atoms with Gasteiger partial charge in [0.2, 0.25) is 0 Å². The van der Waals surface area contributed by atoms with Gasteiger partial charge < -0.3 is 4.90 Å². The Labute approximate surface area is 269 Å². The first-order valence-electron chi connectivity index (χ1n) is 15.8. The Kier molecular flexibility index (Phi) is 5.68. The van der Waals surface area contributed by atoms with E-state index < -0.39 is 0 Å². The summed E-state index contributed by atoms with van der Waals surface area (Å²) in [5, 5.41) is 5.19. The minimum Gasteiger partial charge on any atom is -0.343 e. The molecule has 0 unspecified atom stereocenters. The predicted octanol–water partition coefficient (Wildman–Crippen LogP) is 12.2. The summed E-state index contributed by atoms with van der Waals surface area (Å²) in [5.74, 6) is 0. The molecule has 7 aromatic carbocycles. The Morgan fingerprint density at radius 3 is 2.04 bits per heavy atom. The summed E-state index contributed by atoms with van der Waals surface area (Å²) in [6, 6.07) is 47.8. The van der Waals surface area contributed by atoms with Crippen molar-refractivity contribution < 1.29 is 0 Å². The monoisotopic (exact) mass is 595 g/mol. The Balaban J connectivity index is 1.36. The molecule has 0 radical (unpaired) electrons. The van der Waals surface area contributed by atoms with Gasteiger partial charge in [0.25, 0.3) is 0 Å². The van der Waals surface area contributed by atoms with E-state index in [2.05, 4.69) is 160 Å². The SMILES string of the molecule is Cc1ccc2c(-c3ccc4c(c3)N(C)c3ccccc3S4)c3ccccc3c(-c3cccc4c3-c3ccccc3C4(C)C)c2c1. The van der Waals surface area contributed by atoms with Gasteiger partial charge in [-0.15, -0.1) is 0 Å². The fourth-order valence-electron chi connectivity index (χ4n) is 7.95. The molecular weight excluding hydrogens is 563 g/mol. The van der Waals surface area contributed by atoms with Crippen LogP contribution in [0.3, 0.4) is 0 Å². The van der Waals surface area contributed by atoms with Gasteiger partial charge in [-0.1, -0.05) is 134 Å². The second-order valence-corrected chi connectivity index (χ2v) is 14.1. The number of aryl methyl sites for hydroxylation is 1. The van der Waals surface area contributed by atoms with E-state index in [0.29, 0.717) is 0 Å². The van der Waals surface area contributed by atoms with Gasteiger partial charge in [0.1, 0.15) is 0 Å². The molecule has 216 valence electrons. The summed E-state index contributed by atoms with van der Waals surface area (Å²) >= 11 is 1.86. The number of fused-ring (bicyclic) bond motifs is 7. The molecule has 0 saturated heterocycles. The zero-order valence-electron chi connectivity index (χ0n) is 26.0. The Hall–Kier alpha value is -4.79. The van der Waals surface area contributed by atoms with Crippen molar-refractivity contribution in [2.24, 2.45) is 0 Å². The lowest BCUT2D eigenvalue weighted by molar-refractivity contribution is 0.660. The molecule has 0 aromatic heterocycles. The molecule has 7 aromatic rings. The van der Waals surface area contributed by atoms with Crippen molar-refractivity contribution in [3.8, 4) is 33.4 Å². The number of rotatable bonds is 2. The average molecular weight is 596 g/mol. The lowest BCUT2D eigenvalue weighted by Crippen LogP contribution is -2.14. The van der Waals surface area contributed by atoms with E-state index in [1.54, 1.807) is 0 Å². The van der Waals surface area contributed by atoms with E-state index in [1.165, 1.54) is 92.8 Å². The molecule has 0 saturated carbocycles. The molecule has 2 aliphatic rings. The summed E-state index contributed by atoms with van der Waals surface area (Å²) in [5.41, 5.74) is 14.5. The summed E-state index contributed by atoms with van der Waals surface area (Å²) < 4.78 is 0. The van der Waals surface area contributed by atoms with Crippen LogP contribution in [0.4, 0.5) is 11.4 Å². The van der Waals surface area contributed by atoms with Gasteiger partial charge >= 0.3 is 0 Å². The van der Waals surface area contributed by atoms with E-state index in [1.807, 2.05) is 11.8 Å². The molecule has 0 spiro atoms. The van der Waals surface area contributed by atoms with Crippen LogP contribution in [0.25, 0.3) is 54.9 Å². The first kappa shape index (κ1) is 26.6. The summed E-state index contributed by atoms with van der Waals surface area (Å²) in [6.07, 6.45) is 0. The molecule has 45 heavy (non-hydrogen) atoms. The van der Waals surface area contributed by atoms with Crippen molar-refractivity contribution in [2.75, 3.05) is 11.9 Å². The maximum Gasteiger partial charge on any atom is 0.0556 e. The van der Waals surface area contributed by atoms with Gasteiger partial charge in [0.05, 0.1) is 11.4 Å². The highest BCUT2D eigenvalue weighted by Gasteiger charge is 2.37. The molecular formula is C43H33NS. The molecule has 0 bridgehead atoms. The van der Waals surface area contributed by atoms with Gasteiger partial charge in [-0.05, 0) is 97.2 Å². The summed E-state index contributed by atoms with van der Waals surface area (Å²) in [7, 11) is 2.19. The molecule has 1 aliphatic heterocycles. The number of hydrogen-bond donors (Lipinski definition) is 0. The molecule has 0 atom stereocenters. The molecule has 9 rings (SSSR count). The Bertz CT molecular complexity index is 2360. The third kappa shape index (κ3) is 3.76. The first-order chi connectivity index (χ1) is 21.9. The zero-order chi connectivity index (χ0) is 30.4. The average Bonchev–Trinajstić information content (AvgIpc) is 3.30. The van der Waals surface area contributed by atoms with E-state index in [0.717, 1.165) is 0 Å². The van der Waals surface area contributed by atoms with Gasteiger partial charge in [-0.2, -0.15) is 0 Å². The lowest BCUT2D eigenvalue weighted by atomic mass is 9.80. The molecule has 1 heterocycles. The molecule has 0 N–H and O–H groups in total. The smallest absolute Gasteiger partial charge is 0.0556 e. The van der Waals surface area contributed by atoms with Crippen molar-refractivity contribution >= 4 is 44.7 Å². The Morgan fingerprint density at radius 2 is 1.18 bits per heavy atom. The van der Waals surface area contributed by atoms with Crippen molar-refractivity contribution in [3.05, 3.63) is 144 Å². The van der Waals surface area contributed by atoms with E-state index in [9.17, 15) is 0 Å². The number of anilines is 2. The van der Waals surface area contributed by atoms with Crippen LogP contribution in [-0.4, -0.2) is 7.05 Å². The fourth-order valence-corrected chi connectivity index (χ4v) is 9.08. The largest absolute Gasteiger partial charge is 0.343 e. The minimum absolute atomic E-state index is 0.0464. The third-order valence-electron chi connectivity index (χ3n) is 10.1.